The molecule has 10 heteroatoms. The Labute approximate surface area is 261 Å². The van der Waals surface area contributed by atoms with Crippen LogP contribution in [0.2, 0.25) is 0 Å². The number of carbonyl (C=O) groups excluding carboxylic acids is 3. The van der Waals surface area contributed by atoms with Gasteiger partial charge in [0.25, 0.3) is 0 Å². The Kier molecular flexibility index (Phi) is 26.0. The molecule has 8 N–H and O–H groups in total. The van der Waals surface area contributed by atoms with Crippen LogP contribution in [0.25, 0.3) is 0 Å². The van der Waals surface area contributed by atoms with Crippen LogP contribution in [0, 0.1) is 5.92 Å². The molecule has 0 aromatic heterocycles. The summed E-state index contributed by atoms with van der Waals surface area (Å²) >= 11 is 0. The third-order valence-corrected chi connectivity index (χ3v) is 7.91. The number of nitrogens with one attached hydrogen (secondary N) is 3. The Morgan fingerprint density at radius 3 is 1.49 bits per heavy atom. The van der Waals surface area contributed by atoms with Crippen molar-refractivity contribution in [3.05, 3.63) is 0 Å². The molecule has 0 aliphatic heterocycles. The van der Waals surface area contributed by atoms with Gasteiger partial charge in [-0.25, -0.2) is 4.79 Å². The molecular weight excluding hydrogens is 546 g/mol. The van der Waals surface area contributed by atoms with Crippen LogP contribution in [-0.2, 0) is 19.2 Å². The second-order valence-corrected chi connectivity index (χ2v) is 12.3. The number of hydrogen-bond donors (Lipinski definition) is 6. The van der Waals surface area contributed by atoms with Gasteiger partial charge in [-0.05, 0) is 64.0 Å². The van der Waals surface area contributed by atoms with E-state index in [9.17, 15) is 24.3 Å². The van der Waals surface area contributed by atoms with Gasteiger partial charge in [0, 0.05) is 6.42 Å². The van der Waals surface area contributed by atoms with Gasteiger partial charge in [0.05, 0.1) is 0 Å². The molecule has 0 unspecified atom stereocenters. The predicted octanol–water partition coefficient (Wildman–Crippen LogP) is 4.92. The van der Waals surface area contributed by atoms with E-state index < -0.39 is 35.9 Å². The van der Waals surface area contributed by atoms with Gasteiger partial charge in [0.15, 0.2) is 0 Å². The molecule has 0 saturated carbocycles. The third kappa shape index (κ3) is 22.0. The molecule has 0 bridgehead atoms. The van der Waals surface area contributed by atoms with Crippen LogP contribution in [-0.4, -0.2) is 60.0 Å². The zero-order valence-corrected chi connectivity index (χ0v) is 27.6. The first-order chi connectivity index (χ1) is 20.7. The maximum absolute atomic E-state index is 13.2. The number of hydrogen-bond acceptors (Lipinski definition) is 6. The van der Waals surface area contributed by atoms with E-state index in [1.54, 1.807) is 13.8 Å². The summed E-state index contributed by atoms with van der Waals surface area (Å²) in [5.41, 5.74) is 11.1. The minimum Gasteiger partial charge on any atom is -0.480 e. The van der Waals surface area contributed by atoms with Gasteiger partial charge < -0.3 is 32.5 Å². The smallest absolute Gasteiger partial charge is 0.326 e. The lowest BCUT2D eigenvalue weighted by molar-refractivity contribution is -0.142. The van der Waals surface area contributed by atoms with Gasteiger partial charge in [0.1, 0.15) is 18.1 Å². The van der Waals surface area contributed by atoms with Gasteiger partial charge >= 0.3 is 5.97 Å². The zero-order chi connectivity index (χ0) is 32.3. The largest absolute Gasteiger partial charge is 0.480 e. The van der Waals surface area contributed by atoms with Crippen molar-refractivity contribution >= 4 is 23.7 Å². The number of nitrogens with two attached hydrogens (primary N) is 2. The van der Waals surface area contributed by atoms with Gasteiger partial charge in [-0.3, -0.25) is 14.4 Å². The van der Waals surface area contributed by atoms with Crippen molar-refractivity contribution in [2.24, 2.45) is 17.4 Å². The number of carboxylic acids is 1. The summed E-state index contributed by atoms with van der Waals surface area (Å²) in [6.45, 7) is 6.74. The number of amides is 3. The van der Waals surface area contributed by atoms with Crippen LogP contribution in [0.4, 0.5) is 0 Å². The minimum absolute atomic E-state index is 0.174. The standard InChI is InChI=1S/C33H65N5O5/c1-4-5-6-7-8-9-10-11-12-13-14-15-16-23-29(39)36-27(21-17-19-24-34)31(40)38-30(26(2)3)32(41)37-28(33(42)43)22-18-20-25-35/h26-28,30H,4-25,34-35H2,1-3H3,(H,36,39)(H,37,41)(H,38,40)(H,42,43)/t27-,28-,30-/m0/s1. The fraction of sp³-hybridized carbons (Fsp3) is 0.879. The van der Waals surface area contributed by atoms with Crippen molar-refractivity contribution in [2.75, 3.05) is 13.1 Å². The van der Waals surface area contributed by atoms with Crippen LogP contribution in [0.1, 0.15) is 149 Å². The van der Waals surface area contributed by atoms with E-state index in [1.807, 2.05) is 0 Å². The maximum atomic E-state index is 13.2. The van der Waals surface area contributed by atoms with E-state index in [2.05, 4.69) is 22.9 Å². The quantitative estimate of drug-likeness (QED) is 0.0650. The van der Waals surface area contributed by atoms with Crippen molar-refractivity contribution in [2.45, 2.75) is 167 Å². The molecule has 0 aromatic carbocycles. The number of rotatable bonds is 29. The second-order valence-electron chi connectivity index (χ2n) is 12.3. The number of aliphatic carboxylic acids is 1. The van der Waals surface area contributed by atoms with E-state index in [0.717, 1.165) is 25.7 Å². The van der Waals surface area contributed by atoms with E-state index in [-0.39, 0.29) is 18.2 Å². The molecule has 10 nitrogen and oxygen atoms in total. The van der Waals surface area contributed by atoms with Crippen molar-refractivity contribution in [1.29, 1.82) is 0 Å². The lowest BCUT2D eigenvalue weighted by Gasteiger charge is -2.26. The SMILES string of the molecule is CCCCCCCCCCCCCCCC(=O)N[C@@H](CCCCN)C(=O)N[C@H](C(=O)N[C@@H](CCCCN)C(=O)O)C(C)C. The van der Waals surface area contributed by atoms with Crippen molar-refractivity contribution in [3.8, 4) is 0 Å². The van der Waals surface area contributed by atoms with Crippen LogP contribution in [0.15, 0.2) is 0 Å². The molecule has 0 aromatic rings. The summed E-state index contributed by atoms with van der Waals surface area (Å²) in [5, 5.41) is 17.7. The molecule has 0 saturated heterocycles. The number of carbonyl (C=O) groups is 4. The van der Waals surface area contributed by atoms with Gasteiger partial charge in [-0.2, -0.15) is 0 Å². The Morgan fingerprint density at radius 1 is 0.581 bits per heavy atom. The highest BCUT2D eigenvalue weighted by Crippen LogP contribution is 2.13. The first-order valence-electron chi connectivity index (χ1n) is 17.2. The summed E-state index contributed by atoms with van der Waals surface area (Å²) in [7, 11) is 0. The second kappa shape index (κ2) is 27.4. The Bertz CT molecular complexity index is 749. The Morgan fingerprint density at radius 2 is 1.05 bits per heavy atom. The van der Waals surface area contributed by atoms with Crippen molar-refractivity contribution in [1.82, 2.24) is 16.0 Å². The molecule has 0 aliphatic carbocycles. The van der Waals surface area contributed by atoms with Gasteiger partial charge in [-0.15, -0.1) is 0 Å². The molecule has 3 amide bonds. The summed E-state index contributed by atoms with van der Waals surface area (Å²) in [6, 6.07) is -2.77. The van der Waals surface area contributed by atoms with Crippen molar-refractivity contribution < 1.29 is 24.3 Å². The zero-order valence-electron chi connectivity index (χ0n) is 27.6. The molecule has 252 valence electrons. The first-order valence-corrected chi connectivity index (χ1v) is 17.2. The van der Waals surface area contributed by atoms with E-state index in [0.29, 0.717) is 45.2 Å². The van der Waals surface area contributed by atoms with Crippen molar-refractivity contribution in [3.63, 3.8) is 0 Å². The van der Waals surface area contributed by atoms with Crippen LogP contribution in [0.3, 0.4) is 0 Å². The highest BCUT2D eigenvalue weighted by molar-refractivity contribution is 5.93. The average Bonchev–Trinajstić information content (AvgIpc) is 2.96. The molecule has 3 atom stereocenters. The van der Waals surface area contributed by atoms with Gasteiger partial charge in [-0.1, -0.05) is 97.8 Å². The normalized spacial score (nSPS) is 13.3. The number of unbranched alkanes of at least 4 members (excludes halogenated alkanes) is 14. The molecule has 0 heterocycles. The van der Waals surface area contributed by atoms with Gasteiger partial charge in [0.2, 0.25) is 17.7 Å². The Balaban J connectivity index is 4.69. The molecule has 0 spiro atoms. The average molecular weight is 612 g/mol. The molecule has 43 heavy (non-hydrogen) atoms. The molecule has 0 aliphatic rings. The lowest BCUT2D eigenvalue weighted by atomic mass is 10.0. The van der Waals surface area contributed by atoms with E-state index in [1.165, 1.54) is 64.2 Å². The van der Waals surface area contributed by atoms with Crippen LogP contribution in [0.5, 0.6) is 0 Å². The van der Waals surface area contributed by atoms with Crippen LogP contribution < -0.4 is 27.4 Å². The summed E-state index contributed by atoms with van der Waals surface area (Å²) in [4.78, 5) is 50.6. The van der Waals surface area contributed by atoms with E-state index >= 15 is 0 Å². The summed E-state index contributed by atoms with van der Waals surface area (Å²) < 4.78 is 0. The molecule has 0 radical (unpaired) electrons. The monoisotopic (exact) mass is 611 g/mol. The topological polar surface area (TPSA) is 177 Å². The minimum atomic E-state index is -1.13. The Hall–Kier alpha value is -2.20. The fourth-order valence-electron chi connectivity index (χ4n) is 5.13. The molecular formula is C33H65N5O5. The van der Waals surface area contributed by atoms with Crippen LogP contribution >= 0.6 is 0 Å². The fourth-order valence-corrected chi connectivity index (χ4v) is 5.13. The highest BCUT2D eigenvalue weighted by atomic mass is 16.4. The lowest BCUT2D eigenvalue weighted by Crippen LogP contribution is -2.57. The summed E-state index contributed by atoms with van der Waals surface area (Å²) in [6.07, 6.45) is 19.6. The summed E-state index contributed by atoms with van der Waals surface area (Å²) in [5.74, 6) is -2.58. The number of carboxylic acid groups (broad SMARTS) is 1. The van der Waals surface area contributed by atoms with E-state index in [4.69, 9.17) is 11.5 Å². The molecule has 0 rings (SSSR count). The molecule has 0 fully saturated rings. The highest BCUT2D eigenvalue weighted by Gasteiger charge is 2.31. The maximum Gasteiger partial charge on any atom is 0.326 e. The first kappa shape index (κ1) is 40.8. The third-order valence-electron chi connectivity index (χ3n) is 7.91. The predicted molar refractivity (Wildman–Crippen MR) is 174 cm³/mol.